The summed E-state index contributed by atoms with van der Waals surface area (Å²) in [5, 5.41) is 0. The van der Waals surface area contributed by atoms with E-state index in [1.54, 1.807) is 18.4 Å². The molecule has 0 bridgehead atoms. The Morgan fingerprint density at radius 1 is 1.56 bits per heavy atom. The van der Waals surface area contributed by atoms with Crippen LogP contribution in [-0.2, 0) is 11.3 Å². The quantitative estimate of drug-likeness (QED) is 0.832. The van der Waals surface area contributed by atoms with E-state index in [9.17, 15) is 0 Å². The van der Waals surface area contributed by atoms with Crippen molar-refractivity contribution < 1.29 is 4.74 Å². The third-order valence-electron chi connectivity index (χ3n) is 3.01. The van der Waals surface area contributed by atoms with Gasteiger partial charge in [0.1, 0.15) is 0 Å². The second kappa shape index (κ2) is 5.96. The summed E-state index contributed by atoms with van der Waals surface area (Å²) in [5.41, 5.74) is 0. The van der Waals surface area contributed by atoms with Gasteiger partial charge in [-0.15, -0.1) is 11.3 Å². The maximum absolute atomic E-state index is 5.81. The molecule has 1 aromatic rings. The van der Waals surface area contributed by atoms with E-state index in [0.29, 0.717) is 4.47 Å². The minimum Gasteiger partial charge on any atom is -0.384 e. The van der Waals surface area contributed by atoms with Crippen LogP contribution in [-0.4, -0.2) is 36.7 Å². The van der Waals surface area contributed by atoms with Crippen LogP contribution in [0.15, 0.2) is 6.20 Å². The maximum Gasteiger partial charge on any atom is 0.183 e. The normalized spacial score (nSPS) is 19.1. The van der Waals surface area contributed by atoms with Gasteiger partial charge in [-0.05, 0) is 31.8 Å². The van der Waals surface area contributed by atoms with Crippen molar-refractivity contribution in [1.29, 1.82) is 0 Å². The van der Waals surface area contributed by atoms with Gasteiger partial charge >= 0.3 is 0 Å². The van der Waals surface area contributed by atoms with Crippen LogP contribution < -0.4 is 0 Å². The Kier molecular flexibility index (Phi) is 4.58. The number of ether oxygens (including phenoxy) is 1. The molecule has 0 N–H and O–H groups in total. The van der Waals surface area contributed by atoms with E-state index in [4.69, 9.17) is 16.3 Å². The Labute approximate surface area is 105 Å². The van der Waals surface area contributed by atoms with Crippen LogP contribution in [0.2, 0.25) is 4.47 Å². The SMILES string of the molecule is COCC1CCN(Cc2cnc(Cl)s2)CC1. The molecule has 0 amide bonds. The number of nitrogens with zero attached hydrogens (tertiary/aromatic N) is 2. The molecule has 1 aromatic heterocycles. The average Bonchev–Trinajstić information content (AvgIpc) is 2.67. The van der Waals surface area contributed by atoms with Crippen molar-refractivity contribution in [3.63, 3.8) is 0 Å². The lowest BCUT2D eigenvalue weighted by Gasteiger charge is -2.31. The van der Waals surface area contributed by atoms with E-state index in [1.165, 1.54) is 17.7 Å². The lowest BCUT2D eigenvalue weighted by molar-refractivity contribution is 0.0972. The fourth-order valence-corrected chi connectivity index (χ4v) is 3.14. The summed E-state index contributed by atoms with van der Waals surface area (Å²) in [6.45, 7) is 4.21. The summed E-state index contributed by atoms with van der Waals surface area (Å²) < 4.78 is 5.84. The van der Waals surface area contributed by atoms with Gasteiger partial charge in [0.05, 0.1) is 0 Å². The molecule has 0 unspecified atom stereocenters. The van der Waals surface area contributed by atoms with Crippen LogP contribution in [0.1, 0.15) is 17.7 Å². The Morgan fingerprint density at radius 2 is 2.31 bits per heavy atom. The van der Waals surface area contributed by atoms with E-state index in [0.717, 1.165) is 32.2 Å². The topological polar surface area (TPSA) is 25.4 Å². The molecule has 0 radical (unpaired) electrons. The summed E-state index contributed by atoms with van der Waals surface area (Å²) in [5.74, 6) is 0.742. The third-order valence-corrected chi connectivity index (χ3v) is 4.11. The number of aromatic nitrogens is 1. The summed E-state index contributed by atoms with van der Waals surface area (Å²) >= 11 is 7.40. The monoisotopic (exact) mass is 260 g/mol. The van der Waals surface area contributed by atoms with E-state index in [-0.39, 0.29) is 0 Å². The Morgan fingerprint density at radius 3 is 2.88 bits per heavy atom. The lowest BCUT2D eigenvalue weighted by atomic mass is 9.98. The molecule has 0 aliphatic carbocycles. The first-order valence-corrected chi connectivity index (χ1v) is 6.79. The molecule has 2 rings (SSSR count). The first kappa shape index (κ1) is 12.3. The highest BCUT2D eigenvalue weighted by molar-refractivity contribution is 7.15. The van der Waals surface area contributed by atoms with Crippen molar-refractivity contribution in [2.24, 2.45) is 5.92 Å². The molecule has 0 atom stereocenters. The molecule has 1 fully saturated rings. The van der Waals surface area contributed by atoms with E-state index in [2.05, 4.69) is 9.88 Å². The molecule has 0 saturated carbocycles. The second-order valence-corrected chi connectivity index (χ2v) is 5.95. The molecule has 16 heavy (non-hydrogen) atoms. The maximum atomic E-state index is 5.81. The summed E-state index contributed by atoms with van der Waals surface area (Å²) in [7, 11) is 1.78. The molecule has 1 aliphatic heterocycles. The molecule has 3 nitrogen and oxygen atoms in total. The molecule has 0 aromatic carbocycles. The highest BCUT2D eigenvalue weighted by atomic mass is 35.5. The number of thiazole rings is 1. The number of piperidine rings is 1. The second-order valence-electron chi connectivity index (χ2n) is 4.25. The Bertz CT molecular complexity index is 324. The summed E-state index contributed by atoms with van der Waals surface area (Å²) in [6.07, 6.45) is 4.36. The fraction of sp³-hybridized carbons (Fsp3) is 0.727. The van der Waals surface area contributed by atoms with Crippen LogP contribution in [0.3, 0.4) is 0 Å². The predicted molar refractivity (Wildman–Crippen MR) is 67.0 cm³/mol. The summed E-state index contributed by atoms with van der Waals surface area (Å²) in [6, 6.07) is 0. The molecule has 0 spiro atoms. The van der Waals surface area contributed by atoms with Crippen molar-refractivity contribution in [2.75, 3.05) is 26.8 Å². The van der Waals surface area contributed by atoms with Crippen LogP contribution in [0, 0.1) is 5.92 Å². The minimum atomic E-state index is 0.643. The average molecular weight is 261 g/mol. The highest BCUT2D eigenvalue weighted by Gasteiger charge is 2.19. The third kappa shape index (κ3) is 3.42. The van der Waals surface area contributed by atoms with Gasteiger partial charge in [-0.2, -0.15) is 0 Å². The number of halogens is 1. The minimum absolute atomic E-state index is 0.643. The molecular formula is C11H17ClN2OS. The van der Waals surface area contributed by atoms with Crippen molar-refractivity contribution in [3.05, 3.63) is 15.5 Å². The lowest BCUT2D eigenvalue weighted by Crippen LogP contribution is -2.34. The van der Waals surface area contributed by atoms with Crippen molar-refractivity contribution in [2.45, 2.75) is 19.4 Å². The van der Waals surface area contributed by atoms with Crippen LogP contribution in [0.25, 0.3) is 0 Å². The highest BCUT2D eigenvalue weighted by Crippen LogP contribution is 2.23. The number of methoxy groups -OCH3 is 1. The zero-order valence-corrected chi connectivity index (χ0v) is 11.1. The number of likely N-dealkylation sites (tertiary alicyclic amines) is 1. The van der Waals surface area contributed by atoms with Crippen LogP contribution >= 0.6 is 22.9 Å². The van der Waals surface area contributed by atoms with Crippen LogP contribution in [0.5, 0.6) is 0 Å². The largest absolute Gasteiger partial charge is 0.384 e. The zero-order valence-electron chi connectivity index (χ0n) is 9.49. The van der Waals surface area contributed by atoms with Crippen molar-refractivity contribution in [1.82, 2.24) is 9.88 Å². The first-order valence-electron chi connectivity index (χ1n) is 5.59. The fourth-order valence-electron chi connectivity index (χ4n) is 2.12. The van der Waals surface area contributed by atoms with Gasteiger partial charge in [-0.25, -0.2) is 4.98 Å². The molecule has 1 saturated heterocycles. The molecule has 90 valence electrons. The number of rotatable bonds is 4. The van der Waals surface area contributed by atoms with Gasteiger partial charge in [0.25, 0.3) is 0 Å². The van der Waals surface area contributed by atoms with E-state index >= 15 is 0 Å². The van der Waals surface area contributed by atoms with E-state index < -0.39 is 0 Å². The first-order chi connectivity index (χ1) is 7.78. The smallest absolute Gasteiger partial charge is 0.183 e. The Hall–Kier alpha value is -0.160. The van der Waals surface area contributed by atoms with Gasteiger partial charge in [-0.3, -0.25) is 4.90 Å². The number of hydrogen-bond donors (Lipinski definition) is 0. The molecule has 5 heteroatoms. The standard InChI is InChI=1S/C11H17ClN2OS/c1-15-8-9-2-4-14(5-3-9)7-10-6-13-11(12)16-10/h6,9H,2-5,7-8H2,1H3. The Balaban J connectivity index is 1.77. The van der Waals surface area contributed by atoms with Gasteiger partial charge in [0.2, 0.25) is 0 Å². The number of hydrogen-bond acceptors (Lipinski definition) is 4. The van der Waals surface area contributed by atoms with E-state index in [1.807, 2.05) is 6.20 Å². The molecule has 1 aliphatic rings. The predicted octanol–water partition coefficient (Wildman–Crippen LogP) is 2.65. The van der Waals surface area contributed by atoms with Gasteiger partial charge in [0.15, 0.2) is 4.47 Å². The van der Waals surface area contributed by atoms with Crippen molar-refractivity contribution >= 4 is 22.9 Å². The molecular weight excluding hydrogens is 244 g/mol. The van der Waals surface area contributed by atoms with Gasteiger partial charge < -0.3 is 4.74 Å². The van der Waals surface area contributed by atoms with Crippen LogP contribution in [0.4, 0.5) is 0 Å². The summed E-state index contributed by atoms with van der Waals surface area (Å²) in [4.78, 5) is 7.79. The van der Waals surface area contributed by atoms with Gasteiger partial charge in [0, 0.05) is 31.3 Å². The van der Waals surface area contributed by atoms with Gasteiger partial charge in [-0.1, -0.05) is 11.6 Å². The zero-order chi connectivity index (χ0) is 11.4. The molecule has 2 heterocycles. The van der Waals surface area contributed by atoms with Crippen molar-refractivity contribution in [3.8, 4) is 0 Å².